The van der Waals surface area contributed by atoms with Crippen LogP contribution in [0, 0.1) is 58.0 Å². The molecule has 7 heteroatoms. The Morgan fingerprint density at radius 2 is 0.622 bits per heavy atom. The summed E-state index contributed by atoms with van der Waals surface area (Å²) < 4.78 is 0. The quantitative estimate of drug-likeness (QED) is 0.136. The maximum absolute atomic E-state index is 10.9. The molecule has 6 nitrogen and oxygen atoms in total. The predicted molar refractivity (Wildman–Crippen MR) is 151 cm³/mol. The normalized spacial score (nSPS) is 15.2. The molecular formula is C30H60CeO6. The Labute approximate surface area is 262 Å². The number of aliphatic carboxylic acids is 3. The first-order valence-corrected chi connectivity index (χ1v) is 14.4. The average molecular weight is 657 g/mol. The molecule has 0 aliphatic heterocycles. The Balaban J connectivity index is -0.000000218. The van der Waals surface area contributed by atoms with Gasteiger partial charge < -0.3 is 15.3 Å². The van der Waals surface area contributed by atoms with Crippen LogP contribution in [-0.2, 0) is 14.4 Å². The van der Waals surface area contributed by atoms with Gasteiger partial charge in [0.1, 0.15) is 0 Å². The molecule has 0 aromatic heterocycles. The Hall–Kier alpha value is -0.213. The van der Waals surface area contributed by atoms with Crippen molar-refractivity contribution in [1.29, 1.82) is 0 Å². The Morgan fingerprint density at radius 1 is 0.432 bits per heavy atom. The summed E-state index contributed by atoms with van der Waals surface area (Å²) in [5.74, 6) is -1.92. The molecule has 0 radical (unpaired) electrons. The van der Waals surface area contributed by atoms with Crippen LogP contribution in [0.1, 0.15) is 159 Å². The molecule has 0 aromatic carbocycles. The number of hydrogen-bond acceptors (Lipinski definition) is 3. The van der Waals surface area contributed by atoms with Crippen molar-refractivity contribution >= 4 is 17.9 Å². The van der Waals surface area contributed by atoms with Crippen LogP contribution < -0.4 is 0 Å². The summed E-state index contributed by atoms with van der Waals surface area (Å²) in [5, 5.41) is 27.0. The molecule has 0 amide bonds. The van der Waals surface area contributed by atoms with Gasteiger partial charge >= 0.3 is 17.9 Å². The number of hydrogen-bond donors (Lipinski definition) is 3. The first-order chi connectivity index (χ1) is 16.7. The van der Waals surface area contributed by atoms with Crippen molar-refractivity contribution in [1.82, 2.24) is 0 Å². The minimum atomic E-state index is -0.641. The van der Waals surface area contributed by atoms with Crippen molar-refractivity contribution in [2.75, 3.05) is 0 Å². The van der Waals surface area contributed by atoms with Gasteiger partial charge in [0.2, 0.25) is 0 Å². The van der Waals surface area contributed by atoms with Crippen molar-refractivity contribution in [3.8, 4) is 0 Å². The second-order valence-corrected chi connectivity index (χ2v) is 11.2. The van der Waals surface area contributed by atoms with E-state index in [2.05, 4.69) is 20.8 Å². The molecule has 37 heavy (non-hydrogen) atoms. The van der Waals surface area contributed by atoms with E-state index in [-0.39, 0.29) is 41.7 Å². The maximum atomic E-state index is 10.9. The third kappa shape index (κ3) is 20.4. The van der Waals surface area contributed by atoms with Crippen LogP contribution in [0.5, 0.6) is 0 Å². The zero-order chi connectivity index (χ0) is 28.8. The van der Waals surface area contributed by atoms with Gasteiger partial charge in [0.25, 0.3) is 0 Å². The summed E-state index contributed by atoms with van der Waals surface area (Å²) >= 11 is 0. The molecule has 0 aliphatic rings. The Morgan fingerprint density at radius 3 is 0.730 bits per heavy atom. The fourth-order valence-electron chi connectivity index (χ4n) is 4.37. The molecule has 0 aromatic rings. The van der Waals surface area contributed by atoms with E-state index in [1.165, 1.54) is 0 Å². The summed E-state index contributed by atoms with van der Waals surface area (Å²) in [5.41, 5.74) is -1.44. The van der Waals surface area contributed by atoms with Gasteiger partial charge in [0.15, 0.2) is 0 Å². The topological polar surface area (TPSA) is 112 Å². The molecule has 0 heterocycles. The third-order valence-electron chi connectivity index (χ3n) is 7.20. The van der Waals surface area contributed by atoms with Crippen LogP contribution in [0.4, 0.5) is 0 Å². The summed E-state index contributed by atoms with van der Waals surface area (Å²) in [6.45, 7) is 17.9. The van der Waals surface area contributed by atoms with Crippen molar-refractivity contribution in [2.24, 2.45) is 16.2 Å². The van der Waals surface area contributed by atoms with Gasteiger partial charge in [0, 0.05) is 41.7 Å². The second-order valence-electron chi connectivity index (χ2n) is 11.2. The van der Waals surface area contributed by atoms with Gasteiger partial charge in [-0.2, -0.15) is 0 Å². The molecule has 0 bridgehead atoms. The zero-order valence-electron chi connectivity index (χ0n) is 25.7. The van der Waals surface area contributed by atoms with E-state index in [4.69, 9.17) is 15.3 Å². The molecule has 3 N–H and O–H groups in total. The van der Waals surface area contributed by atoms with Gasteiger partial charge in [-0.3, -0.25) is 14.4 Å². The molecule has 0 fully saturated rings. The molecule has 0 aliphatic carbocycles. The van der Waals surface area contributed by atoms with Gasteiger partial charge in [-0.05, 0) is 59.3 Å². The monoisotopic (exact) mass is 656 g/mol. The van der Waals surface area contributed by atoms with Crippen molar-refractivity contribution < 1.29 is 71.5 Å². The maximum Gasteiger partial charge on any atom is 0.309 e. The van der Waals surface area contributed by atoms with Crippen LogP contribution in [0.2, 0.25) is 0 Å². The minimum Gasteiger partial charge on any atom is -0.481 e. The van der Waals surface area contributed by atoms with Gasteiger partial charge in [-0.15, -0.1) is 0 Å². The van der Waals surface area contributed by atoms with Crippen molar-refractivity contribution in [2.45, 2.75) is 159 Å². The van der Waals surface area contributed by atoms with E-state index in [0.717, 1.165) is 96.3 Å². The molecule has 0 saturated heterocycles. The van der Waals surface area contributed by atoms with E-state index in [0.29, 0.717) is 0 Å². The molecule has 0 saturated carbocycles. The fourth-order valence-corrected chi connectivity index (χ4v) is 4.37. The van der Waals surface area contributed by atoms with E-state index < -0.39 is 34.2 Å². The summed E-state index contributed by atoms with van der Waals surface area (Å²) in [4.78, 5) is 32.8. The second kappa shape index (κ2) is 24.8. The van der Waals surface area contributed by atoms with Crippen LogP contribution in [-0.4, -0.2) is 33.2 Å². The van der Waals surface area contributed by atoms with Crippen molar-refractivity contribution in [3.05, 3.63) is 0 Å². The summed E-state index contributed by atoms with van der Waals surface area (Å²) in [6.07, 6.45) is 13.9. The largest absolute Gasteiger partial charge is 0.481 e. The number of carboxylic acids is 3. The fraction of sp³-hybridized carbons (Fsp3) is 0.900. The number of carbonyl (C=O) groups is 3. The minimum absolute atomic E-state index is 0. The first kappa shape index (κ1) is 43.8. The molecule has 220 valence electrons. The van der Waals surface area contributed by atoms with Crippen LogP contribution in [0.15, 0.2) is 0 Å². The average Bonchev–Trinajstić information content (AvgIpc) is 2.81. The van der Waals surface area contributed by atoms with E-state index in [9.17, 15) is 14.4 Å². The molecule has 3 atom stereocenters. The Kier molecular flexibility index (Phi) is 29.4. The van der Waals surface area contributed by atoms with E-state index >= 15 is 0 Å². The van der Waals surface area contributed by atoms with E-state index in [1.807, 2.05) is 41.5 Å². The predicted octanol–water partition coefficient (Wildman–Crippen LogP) is 9.20. The molecule has 0 spiro atoms. The standard InChI is InChI=1S/3C10H20O2.Ce/c3*1-4-6-8-10(3,7-5-2)9(11)12;/h3*4-8H2,1-3H3,(H,11,12);. The third-order valence-corrected chi connectivity index (χ3v) is 7.20. The summed E-state index contributed by atoms with van der Waals surface area (Å²) in [7, 11) is 0. The zero-order valence-corrected chi connectivity index (χ0v) is 28.8. The molecular weight excluding hydrogens is 596 g/mol. The SMILES string of the molecule is CCCCC(C)(CCC)C(=O)O.CCCCC(C)(CCC)C(=O)O.CCCCC(C)(CCC)C(=O)O.[Ce]. The number of rotatable bonds is 18. The van der Waals surface area contributed by atoms with Gasteiger partial charge in [-0.25, -0.2) is 0 Å². The number of unbranched alkanes of at least 4 members (excludes halogenated alkanes) is 3. The van der Waals surface area contributed by atoms with Crippen LogP contribution >= 0.6 is 0 Å². The van der Waals surface area contributed by atoms with Gasteiger partial charge in [0.05, 0.1) is 16.2 Å². The molecule has 3 unspecified atom stereocenters. The van der Waals surface area contributed by atoms with Crippen LogP contribution in [0.25, 0.3) is 0 Å². The van der Waals surface area contributed by atoms with Crippen molar-refractivity contribution in [3.63, 3.8) is 0 Å². The summed E-state index contributed by atoms with van der Waals surface area (Å²) in [6, 6.07) is 0. The van der Waals surface area contributed by atoms with Gasteiger partial charge in [-0.1, -0.05) is 99.3 Å². The van der Waals surface area contributed by atoms with E-state index in [1.54, 1.807) is 0 Å². The molecule has 0 rings (SSSR count). The first-order valence-electron chi connectivity index (χ1n) is 14.4. The Bertz CT molecular complexity index is 516. The smallest absolute Gasteiger partial charge is 0.309 e. The number of carboxylic acid groups (broad SMARTS) is 3. The van der Waals surface area contributed by atoms with Crippen LogP contribution in [0.3, 0.4) is 0 Å².